The van der Waals surface area contributed by atoms with Crippen LogP contribution in [0.5, 0.6) is 5.75 Å². The minimum Gasteiger partial charge on any atom is -0.493 e. The molecule has 22 heavy (non-hydrogen) atoms. The number of benzene rings is 1. The molecule has 0 fully saturated rings. The fourth-order valence-electron chi connectivity index (χ4n) is 2.94. The number of ether oxygens (including phenoxy) is 1. The minimum absolute atomic E-state index is 0.0268. The van der Waals surface area contributed by atoms with Crippen LogP contribution in [0.15, 0.2) is 12.1 Å². The van der Waals surface area contributed by atoms with E-state index in [0.29, 0.717) is 18.9 Å². The highest BCUT2D eigenvalue weighted by Crippen LogP contribution is 2.40. The first-order chi connectivity index (χ1) is 10.5. The van der Waals surface area contributed by atoms with Crippen LogP contribution < -0.4 is 15.8 Å². The molecule has 0 aliphatic carbocycles. The first-order valence-corrected chi connectivity index (χ1v) is 8.30. The number of nitrogens with one attached hydrogen (secondary N) is 1. The third-order valence-corrected chi connectivity index (χ3v) is 4.59. The lowest BCUT2D eigenvalue weighted by Gasteiger charge is -2.31. The van der Waals surface area contributed by atoms with Gasteiger partial charge in [0.2, 0.25) is 5.91 Å². The molecular formula is C18H28N2O2. The standard InChI is InChI=1S/C18H28N2O2/c1-5-12(4)17(19)14-10-11(3)9-13-15(20-16(21)6-2)7-8-22-18(13)14/h9-10,12,15,17H,5-8,19H2,1-4H3,(H,20,21). The van der Waals surface area contributed by atoms with Crippen molar-refractivity contribution in [1.29, 1.82) is 0 Å². The Balaban J connectivity index is 2.41. The van der Waals surface area contributed by atoms with Gasteiger partial charge in [-0.2, -0.15) is 0 Å². The highest BCUT2D eigenvalue weighted by Gasteiger charge is 2.28. The summed E-state index contributed by atoms with van der Waals surface area (Å²) in [5.74, 6) is 1.35. The van der Waals surface area contributed by atoms with Gasteiger partial charge in [0.25, 0.3) is 0 Å². The summed E-state index contributed by atoms with van der Waals surface area (Å²) in [6, 6.07) is 4.22. The number of aryl methyl sites for hydroxylation is 1. The molecule has 0 radical (unpaired) electrons. The number of carbonyl (C=O) groups excluding carboxylic acids is 1. The Morgan fingerprint density at radius 2 is 2.18 bits per heavy atom. The summed E-state index contributed by atoms with van der Waals surface area (Å²) >= 11 is 0. The molecule has 1 heterocycles. The van der Waals surface area contributed by atoms with Crippen LogP contribution >= 0.6 is 0 Å². The molecule has 0 saturated heterocycles. The Kier molecular flexibility index (Phi) is 5.46. The second kappa shape index (κ2) is 7.14. The second-order valence-corrected chi connectivity index (χ2v) is 6.29. The maximum absolute atomic E-state index is 11.8. The molecule has 1 aliphatic heterocycles. The second-order valence-electron chi connectivity index (χ2n) is 6.29. The van der Waals surface area contributed by atoms with Gasteiger partial charge in [-0.05, 0) is 12.8 Å². The van der Waals surface area contributed by atoms with Crippen LogP contribution in [0.4, 0.5) is 0 Å². The maximum atomic E-state index is 11.8. The fourth-order valence-corrected chi connectivity index (χ4v) is 2.94. The predicted molar refractivity (Wildman–Crippen MR) is 88.8 cm³/mol. The monoisotopic (exact) mass is 304 g/mol. The van der Waals surface area contributed by atoms with Crippen LogP contribution in [-0.2, 0) is 4.79 Å². The third-order valence-electron chi connectivity index (χ3n) is 4.59. The van der Waals surface area contributed by atoms with Crippen molar-refractivity contribution in [2.24, 2.45) is 11.7 Å². The van der Waals surface area contributed by atoms with E-state index in [0.717, 1.165) is 35.3 Å². The summed E-state index contributed by atoms with van der Waals surface area (Å²) in [5, 5.41) is 3.10. The van der Waals surface area contributed by atoms with Crippen molar-refractivity contribution in [3.8, 4) is 5.75 Å². The zero-order valence-corrected chi connectivity index (χ0v) is 14.1. The van der Waals surface area contributed by atoms with Gasteiger partial charge in [0.05, 0.1) is 12.6 Å². The minimum atomic E-state index is -0.0423. The summed E-state index contributed by atoms with van der Waals surface area (Å²) in [4.78, 5) is 11.8. The molecule has 1 amide bonds. The van der Waals surface area contributed by atoms with Gasteiger partial charge in [0, 0.05) is 30.0 Å². The van der Waals surface area contributed by atoms with Gasteiger partial charge >= 0.3 is 0 Å². The lowest BCUT2D eigenvalue weighted by atomic mass is 9.87. The summed E-state index contributed by atoms with van der Waals surface area (Å²) in [6.45, 7) is 8.87. The van der Waals surface area contributed by atoms with Crippen LogP contribution in [0.2, 0.25) is 0 Å². The molecule has 0 aromatic heterocycles. The van der Waals surface area contributed by atoms with E-state index in [9.17, 15) is 4.79 Å². The topological polar surface area (TPSA) is 64.3 Å². The molecule has 2 rings (SSSR count). The molecule has 4 heteroatoms. The van der Waals surface area contributed by atoms with E-state index < -0.39 is 0 Å². The average Bonchev–Trinajstić information content (AvgIpc) is 2.53. The highest BCUT2D eigenvalue weighted by molar-refractivity contribution is 5.76. The Morgan fingerprint density at radius 3 is 2.82 bits per heavy atom. The van der Waals surface area contributed by atoms with E-state index >= 15 is 0 Å². The SMILES string of the molecule is CCC(=O)NC1CCOc2c1cc(C)cc2C(N)C(C)CC. The quantitative estimate of drug-likeness (QED) is 0.876. The van der Waals surface area contributed by atoms with Gasteiger partial charge in [-0.1, -0.05) is 44.9 Å². The number of rotatable bonds is 5. The predicted octanol–water partition coefficient (Wildman–Crippen LogP) is 3.39. The molecular weight excluding hydrogens is 276 g/mol. The number of carbonyl (C=O) groups is 1. The highest BCUT2D eigenvalue weighted by atomic mass is 16.5. The van der Waals surface area contributed by atoms with E-state index in [1.807, 2.05) is 6.92 Å². The molecule has 3 unspecified atom stereocenters. The van der Waals surface area contributed by atoms with Crippen molar-refractivity contribution < 1.29 is 9.53 Å². The Bertz CT molecular complexity index is 542. The van der Waals surface area contributed by atoms with E-state index in [1.165, 1.54) is 0 Å². The van der Waals surface area contributed by atoms with Gasteiger partial charge in [0.15, 0.2) is 0 Å². The van der Waals surface area contributed by atoms with Crippen LogP contribution in [-0.4, -0.2) is 12.5 Å². The normalized spacial score (nSPS) is 19.8. The van der Waals surface area contributed by atoms with Crippen molar-refractivity contribution >= 4 is 5.91 Å². The summed E-state index contributed by atoms with van der Waals surface area (Å²) in [5.41, 5.74) is 9.75. The van der Waals surface area contributed by atoms with Gasteiger partial charge in [-0.15, -0.1) is 0 Å². The maximum Gasteiger partial charge on any atom is 0.220 e. The van der Waals surface area contributed by atoms with Gasteiger partial charge < -0.3 is 15.8 Å². The van der Waals surface area contributed by atoms with Crippen LogP contribution in [0.3, 0.4) is 0 Å². The smallest absolute Gasteiger partial charge is 0.220 e. The van der Waals surface area contributed by atoms with Crippen molar-refractivity contribution in [3.05, 3.63) is 28.8 Å². The van der Waals surface area contributed by atoms with Crippen molar-refractivity contribution in [3.63, 3.8) is 0 Å². The van der Waals surface area contributed by atoms with Crippen molar-refractivity contribution in [2.45, 2.75) is 59.0 Å². The van der Waals surface area contributed by atoms with Crippen molar-refractivity contribution in [1.82, 2.24) is 5.32 Å². The zero-order valence-electron chi connectivity index (χ0n) is 14.1. The number of hydrogen-bond donors (Lipinski definition) is 2. The molecule has 1 aromatic carbocycles. The third kappa shape index (κ3) is 3.43. The molecule has 122 valence electrons. The Morgan fingerprint density at radius 1 is 1.45 bits per heavy atom. The first kappa shape index (κ1) is 16.8. The molecule has 3 N–H and O–H groups in total. The van der Waals surface area contributed by atoms with Crippen LogP contribution in [0, 0.1) is 12.8 Å². The Hall–Kier alpha value is -1.55. The summed E-state index contributed by atoms with van der Waals surface area (Å²) in [6.07, 6.45) is 2.33. The van der Waals surface area contributed by atoms with E-state index in [-0.39, 0.29) is 18.0 Å². The van der Waals surface area contributed by atoms with Crippen molar-refractivity contribution in [2.75, 3.05) is 6.61 Å². The molecule has 3 atom stereocenters. The van der Waals surface area contributed by atoms with E-state index in [2.05, 4.69) is 38.2 Å². The zero-order chi connectivity index (χ0) is 16.3. The average molecular weight is 304 g/mol. The molecule has 0 bridgehead atoms. The number of nitrogens with two attached hydrogens (primary N) is 1. The van der Waals surface area contributed by atoms with E-state index in [4.69, 9.17) is 10.5 Å². The largest absolute Gasteiger partial charge is 0.493 e. The lowest BCUT2D eigenvalue weighted by Crippen LogP contribution is -2.32. The van der Waals surface area contributed by atoms with E-state index in [1.54, 1.807) is 0 Å². The molecule has 1 aliphatic rings. The number of hydrogen-bond acceptors (Lipinski definition) is 3. The molecule has 4 nitrogen and oxygen atoms in total. The molecule has 0 spiro atoms. The summed E-state index contributed by atoms with van der Waals surface area (Å²) < 4.78 is 5.94. The Labute approximate surface area is 133 Å². The fraction of sp³-hybridized carbons (Fsp3) is 0.611. The number of fused-ring (bicyclic) bond motifs is 1. The van der Waals surface area contributed by atoms with Gasteiger partial charge in [-0.3, -0.25) is 4.79 Å². The van der Waals surface area contributed by atoms with Gasteiger partial charge in [0.1, 0.15) is 5.75 Å². The molecule has 0 saturated carbocycles. The molecule has 1 aromatic rings. The lowest BCUT2D eigenvalue weighted by molar-refractivity contribution is -0.121. The van der Waals surface area contributed by atoms with Gasteiger partial charge in [-0.25, -0.2) is 0 Å². The summed E-state index contributed by atoms with van der Waals surface area (Å²) in [7, 11) is 0. The van der Waals surface area contributed by atoms with Crippen LogP contribution in [0.1, 0.15) is 68.8 Å². The van der Waals surface area contributed by atoms with Crippen LogP contribution in [0.25, 0.3) is 0 Å². The first-order valence-electron chi connectivity index (χ1n) is 8.30. The number of amides is 1.